The molecule has 0 bridgehead atoms. The van der Waals surface area contributed by atoms with Gasteiger partial charge in [-0.2, -0.15) is 0 Å². The average molecular weight is 685 g/mol. The van der Waals surface area contributed by atoms with Gasteiger partial charge in [0, 0.05) is 53.5 Å². The van der Waals surface area contributed by atoms with Crippen molar-refractivity contribution in [1.29, 1.82) is 0 Å². The molecule has 4 atom stereocenters. The van der Waals surface area contributed by atoms with Gasteiger partial charge in [0.15, 0.2) is 0 Å². The fourth-order valence-corrected chi connectivity index (χ4v) is 6.29. The molecular weight excluding hydrogens is 644 g/mol. The van der Waals surface area contributed by atoms with Gasteiger partial charge in [-0.25, -0.2) is 4.79 Å². The summed E-state index contributed by atoms with van der Waals surface area (Å²) in [5.74, 6) is -3.01. The molecule has 0 fully saturated rings. The standard InChI is InChI=1S/C40H40N6O5/c41-31(19-25-11-3-1-4-12-25)37(47)44-35(21-27-23-42-32-17-9-7-15-29(27)32)39(49)45-34(20-26-13-5-2-6-14-26)38(48)46-36(40(50)51)22-28-24-43-33-18-10-8-16-30(28)33/h1-18,23-24,31,34-36,42-43H,19-22,41H2,(H,44,47)(H,45,49)(H,46,48)(H,50,51)/t31-,34-,35-,36-/m0/s1. The van der Waals surface area contributed by atoms with Gasteiger partial charge in [0.1, 0.15) is 18.1 Å². The highest BCUT2D eigenvalue weighted by Crippen LogP contribution is 2.21. The topological polar surface area (TPSA) is 182 Å². The van der Waals surface area contributed by atoms with E-state index >= 15 is 0 Å². The number of carboxylic acid groups (broad SMARTS) is 1. The predicted octanol–water partition coefficient (Wildman–Crippen LogP) is 3.79. The largest absolute Gasteiger partial charge is 0.480 e. The Labute approximate surface area is 294 Å². The molecule has 0 saturated carbocycles. The maximum Gasteiger partial charge on any atom is 0.326 e. The van der Waals surface area contributed by atoms with Crippen LogP contribution in [0.5, 0.6) is 0 Å². The lowest BCUT2D eigenvalue weighted by molar-refractivity contribution is -0.142. The van der Waals surface area contributed by atoms with Crippen molar-refractivity contribution in [3.05, 3.63) is 144 Å². The Bertz CT molecular complexity index is 2130. The number of aromatic amines is 2. The van der Waals surface area contributed by atoms with Gasteiger partial charge in [-0.15, -0.1) is 0 Å². The van der Waals surface area contributed by atoms with Crippen molar-refractivity contribution in [2.45, 2.75) is 49.9 Å². The van der Waals surface area contributed by atoms with E-state index in [1.807, 2.05) is 109 Å². The fraction of sp³-hybridized carbons (Fsp3) is 0.200. The van der Waals surface area contributed by atoms with Crippen LogP contribution >= 0.6 is 0 Å². The molecule has 260 valence electrons. The monoisotopic (exact) mass is 684 g/mol. The zero-order chi connectivity index (χ0) is 35.7. The maximum atomic E-state index is 14.2. The maximum absolute atomic E-state index is 14.2. The summed E-state index contributed by atoms with van der Waals surface area (Å²) in [4.78, 5) is 60.3. The van der Waals surface area contributed by atoms with Gasteiger partial charge in [0.05, 0.1) is 6.04 Å². The minimum Gasteiger partial charge on any atom is -0.480 e. The number of amides is 3. The van der Waals surface area contributed by atoms with Crippen molar-refractivity contribution in [1.82, 2.24) is 25.9 Å². The first kappa shape index (κ1) is 34.7. The number of nitrogens with one attached hydrogen (secondary N) is 5. The van der Waals surface area contributed by atoms with Crippen molar-refractivity contribution >= 4 is 45.5 Å². The summed E-state index contributed by atoms with van der Waals surface area (Å²) in [6, 6.07) is 29.1. The SMILES string of the molecule is N[C@@H](Cc1ccccc1)C(=O)N[C@@H](Cc1c[nH]c2ccccc12)C(=O)N[C@@H](Cc1ccccc1)C(=O)N[C@@H](Cc1c[nH]c2ccccc12)C(=O)O. The summed E-state index contributed by atoms with van der Waals surface area (Å²) in [5.41, 5.74) is 11.2. The molecule has 0 aliphatic heterocycles. The summed E-state index contributed by atoms with van der Waals surface area (Å²) in [5, 5.41) is 20.2. The predicted molar refractivity (Wildman–Crippen MR) is 196 cm³/mol. The number of H-pyrrole nitrogens is 2. The lowest BCUT2D eigenvalue weighted by Gasteiger charge is -2.25. The third kappa shape index (κ3) is 8.70. The van der Waals surface area contributed by atoms with Crippen LogP contribution in [-0.4, -0.2) is 62.9 Å². The summed E-state index contributed by atoms with van der Waals surface area (Å²) in [6.07, 6.45) is 4.00. The van der Waals surface area contributed by atoms with Crippen LogP contribution in [-0.2, 0) is 44.9 Å². The minimum atomic E-state index is -1.27. The van der Waals surface area contributed by atoms with Crippen LogP contribution < -0.4 is 21.7 Å². The van der Waals surface area contributed by atoms with Crippen molar-refractivity contribution < 1.29 is 24.3 Å². The van der Waals surface area contributed by atoms with Gasteiger partial charge in [-0.1, -0.05) is 97.1 Å². The molecule has 0 aliphatic rings. The smallest absolute Gasteiger partial charge is 0.326 e. The molecule has 0 aliphatic carbocycles. The number of aromatic nitrogens is 2. The van der Waals surface area contributed by atoms with Crippen LogP contribution in [0.3, 0.4) is 0 Å². The van der Waals surface area contributed by atoms with E-state index < -0.39 is 47.9 Å². The normalized spacial score (nSPS) is 13.6. The molecule has 2 aromatic heterocycles. The van der Waals surface area contributed by atoms with Gasteiger partial charge in [-0.05, 0) is 40.8 Å². The number of carbonyl (C=O) groups is 4. The number of benzene rings is 4. The molecule has 0 unspecified atom stereocenters. The molecule has 8 N–H and O–H groups in total. The Kier molecular flexibility index (Phi) is 10.9. The Morgan fingerprint density at radius 3 is 1.47 bits per heavy atom. The third-order valence-electron chi connectivity index (χ3n) is 9.00. The molecule has 11 heteroatoms. The quantitative estimate of drug-likeness (QED) is 0.0864. The van der Waals surface area contributed by atoms with Crippen LogP contribution in [0.1, 0.15) is 22.3 Å². The first-order chi connectivity index (χ1) is 24.7. The van der Waals surface area contributed by atoms with Crippen molar-refractivity contribution in [3.63, 3.8) is 0 Å². The Balaban J connectivity index is 1.24. The van der Waals surface area contributed by atoms with Crippen LogP contribution in [0.4, 0.5) is 0 Å². The van der Waals surface area contributed by atoms with Crippen molar-refractivity contribution in [2.24, 2.45) is 5.73 Å². The lowest BCUT2D eigenvalue weighted by Crippen LogP contribution is -2.58. The number of rotatable bonds is 15. The fourth-order valence-electron chi connectivity index (χ4n) is 6.29. The second-order valence-electron chi connectivity index (χ2n) is 12.6. The highest BCUT2D eigenvalue weighted by molar-refractivity contribution is 5.95. The molecule has 4 aromatic carbocycles. The summed E-state index contributed by atoms with van der Waals surface area (Å²) in [7, 11) is 0. The lowest BCUT2D eigenvalue weighted by atomic mass is 10.00. The van der Waals surface area contributed by atoms with Crippen LogP contribution in [0.25, 0.3) is 21.8 Å². The number of carboxylic acids is 1. The van der Waals surface area contributed by atoms with Crippen molar-refractivity contribution in [2.75, 3.05) is 0 Å². The van der Waals surface area contributed by atoms with E-state index in [1.165, 1.54) is 0 Å². The Morgan fingerprint density at radius 2 is 0.941 bits per heavy atom. The summed E-state index contributed by atoms with van der Waals surface area (Å²) >= 11 is 0. The number of nitrogens with two attached hydrogens (primary N) is 1. The van der Waals surface area contributed by atoms with Gasteiger partial charge in [0.2, 0.25) is 17.7 Å². The number of carbonyl (C=O) groups excluding carboxylic acids is 3. The highest BCUT2D eigenvalue weighted by atomic mass is 16.4. The van der Waals surface area contributed by atoms with E-state index in [-0.39, 0.29) is 25.7 Å². The molecule has 0 radical (unpaired) electrons. The first-order valence-corrected chi connectivity index (χ1v) is 16.8. The molecule has 51 heavy (non-hydrogen) atoms. The zero-order valence-electron chi connectivity index (χ0n) is 27.8. The average Bonchev–Trinajstić information content (AvgIpc) is 3.75. The van der Waals surface area contributed by atoms with Crippen LogP contribution in [0.2, 0.25) is 0 Å². The molecule has 0 spiro atoms. The van der Waals surface area contributed by atoms with E-state index in [1.54, 1.807) is 12.4 Å². The van der Waals surface area contributed by atoms with Gasteiger partial charge in [0.25, 0.3) is 0 Å². The van der Waals surface area contributed by atoms with E-state index in [9.17, 15) is 24.3 Å². The van der Waals surface area contributed by atoms with Gasteiger partial charge in [-0.3, -0.25) is 14.4 Å². The summed E-state index contributed by atoms with van der Waals surface area (Å²) in [6.45, 7) is 0. The molecule has 6 rings (SSSR count). The number of para-hydroxylation sites is 2. The number of aliphatic carboxylic acids is 1. The zero-order valence-corrected chi connectivity index (χ0v) is 27.8. The summed E-state index contributed by atoms with van der Waals surface area (Å²) < 4.78 is 0. The van der Waals surface area contributed by atoms with Crippen LogP contribution in [0.15, 0.2) is 122 Å². The van der Waals surface area contributed by atoms with E-state index in [0.29, 0.717) is 0 Å². The van der Waals surface area contributed by atoms with Crippen molar-refractivity contribution in [3.8, 4) is 0 Å². The van der Waals surface area contributed by atoms with Crippen LogP contribution in [0, 0.1) is 0 Å². The second kappa shape index (κ2) is 16.0. The molecule has 3 amide bonds. The van der Waals surface area contributed by atoms with Gasteiger partial charge < -0.3 is 36.8 Å². The molecule has 11 nitrogen and oxygen atoms in total. The van der Waals surface area contributed by atoms with E-state index in [2.05, 4.69) is 25.9 Å². The Morgan fingerprint density at radius 1 is 0.529 bits per heavy atom. The third-order valence-corrected chi connectivity index (χ3v) is 9.00. The van der Waals surface area contributed by atoms with Gasteiger partial charge >= 0.3 is 5.97 Å². The second-order valence-corrected chi connectivity index (χ2v) is 12.6. The molecular formula is C40H40N6O5. The number of hydrogen-bond donors (Lipinski definition) is 7. The molecule has 0 saturated heterocycles. The number of fused-ring (bicyclic) bond motifs is 2. The molecule has 2 heterocycles. The highest BCUT2D eigenvalue weighted by Gasteiger charge is 2.31. The number of hydrogen-bond acceptors (Lipinski definition) is 5. The first-order valence-electron chi connectivity index (χ1n) is 16.8. The minimum absolute atomic E-state index is 0.0235. The molecule has 6 aromatic rings. The van der Waals surface area contributed by atoms with E-state index in [4.69, 9.17) is 5.73 Å². The van der Waals surface area contributed by atoms with E-state index in [0.717, 1.165) is 44.1 Å². The Hall–Kier alpha value is -6.20.